The lowest BCUT2D eigenvalue weighted by Gasteiger charge is -2.14. The van der Waals surface area contributed by atoms with Crippen molar-refractivity contribution < 1.29 is 19.1 Å². The first kappa shape index (κ1) is 29.6. The van der Waals surface area contributed by atoms with E-state index in [0.717, 1.165) is 14.9 Å². The summed E-state index contributed by atoms with van der Waals surface area (Å²) in [6.07, 6.45) is 1.62. The van der Waals surface area contributed by atoms with E-state index >= 15 is 0 Å². The first-order valence-electron chi connectivity index (χ1n) is 12.7. The summed E-state index contributed by atoms with van der Waals surface area (Å²) in [5, 5.41) is 8.11. The van der Waals surface area contributed by atoms with E-state index in [1.54, 1.807) is 61.7 Å². The van der Waals surface area contributed by atoms with E-state index in [4.69, 9.17) is 4.74 Å². The van der Waals surface area contributed by atoms with Crippen LogP contribution in [0.4, 0.5) is 11.4 Å². The Morgan fingerprint density at radius 1 is 0.829 bits per heavy atom. The Kier molecular flexibility index (Phi) is 10.4. The van der Waals surface area contributed by atoms with Gasteiger partial charge in [-0.3, -0.25) is 14.4 Å². The van der Waals surface area contributed by atoms with Crippen LogP contribution in [0.15, 0.2) is 118 Å². The predicted molar refractivity (Wildman–Crippen MR) is 168 cm³/mol. The van der Waals surface area contributed by atoms with Crippen molar-refractivity contribution in [3.05, 3.63) is 124 Å². The van der Waals surface area contributed by atoms with Gasteiger partial charge < -0.3 is 20.7 Å². The number of carbonyl (C=O) groups excluding carboxylic acids is 3. The van der Waals surface area contributed by atoms with Crippen molar-refractivity contribution in [2.24, 2.45) is 0 Å². The van der Waals surface area contributed by atoms with Crippen molar-refractivity contribution in [2.75, 3.05) is 17.7 Å². The minimum absolute atomic E-state index is 0.0995. The molecule has 41 heavy (non-hydrogen) atoms. The number of benzene rings is 4. The van der Waals surface area contributed by atoms with E-state index in [1.165, 1.54) is 11.8 Å². The van der Waals surface area contributed by atoms with Gasteiger partial charge in [-0.15, -0.1) is 11.8 Å². The molecular weight excluding hydrogens is 602 g/mol. The molecule has 0 fully saturated rings. The van der Waals surface area contributed by atoms with Crippen LogP contribution in [-0.4, -0.2) is 30.1 Å². The van der Waals surface area contributed by atoms with Gasteiger partial charge in [0.2, 0.25) is 5.91 Å². The van der Waals surface area contributed by atoms with Crippen LogP contribution in [0.1, 0.15) is 22.8 Å². The number of rotatable bonds is 10. The van der Waals surface area contributed by atoms with E-state index < -0.39 is 11.8 Å². The summed E-state index contributed by atoms with van der Waals surface area (Å²) in [7, 11) is 1.58. The summed E-state index contributed by atoms with van der Waals surface area (Å²) < 4.78 is 6.11. The number of hydrogen-bond donors (Lipinski definition) is 3. The third-order valence-corrected chi connectivity index (χ3v) is 7.48. The quantitative estimate of drug-likeness (QED) is 0.130. The zero-order chi connectivity index (χ0) is 29.2. The Morgan fingerprint density at radius 2 is 1.54 bits per heavy atom. The number of methoxy groups -OCH3 is 1. The van der Waals surface area contributed by atoms with E-state index in [2.05, 4.69) is 31.9 Å². The van der Waals surface area contributed by atoms with Gasteiger partial charge in [0.15, 0.2) is 0 Å². The molecule has 4 aromatic rings. The minimum atomic E-state index is -0.469. The summed E-state index contributed by atoms with van der Waals surface area (Å²) >= 11 is 4.80. The lowest BCUT2D eigenvalue weighted by atomic mass is 10.1. The number of halogens is 1. The molecule has 3 N–H and O–H groups in total. The number of amides is 3. The zero-order valence-corrected chi connectivity index (χ0v) is 24.8. The highest BCUT2D eigenvalue weighted by Gasteiger charge is 2.17. The average molecular weight is 631 g/mol. The molecule has 1 atom stereocenters. The first-order chi connectivity index (χ1) is 19.8. The fourth-order valence-corrected chi connectivity index (χ4v) is 4.82. The molecule has 0 saturated carbocycles. The fraction of sp³-hybridized carbons (Fsp3) is 0.0938. The molecule has 0 heterocycles. The third-order valence-electron chi connectivity index (χ3n) is 5.84. The highest BCUT2D eigenvalue weighted by atomic mass is 79.9. The fourth-order valence-electron chi connectivity index (χ4n) is 3.69. The second kappa shape index (κ2) is 14.3. The maximum atomic E-state index is 13.3. The molecule has 9 heteroatoms. The van der Waals surface area contributed by atoms with Gasteiger partial charge in [0, 0.05) is 32.4 Å². The summed E-state index contributed by atoms with van der Waals surface area (Å²) in [4.78, 5) is 39.6. The topological polar surface area (TPSA) is 96.5 Å². The Morgan fingerprint density at radius 3 is 2.22 bits per heavy atom. The Bertz CT molecular complexity index is 1540. The van der Waals surface area contributed by atoms with Crippen LogP contribution < -0.4 is 20.7 Å². The Hall–Kier alpha value is -4.34. The van der Waals surface area contributed by atoms with Gasteiger partial charge in [0.1, 0.15) is 11.4 Å². The maximum absolute atomic E-state index is 13.3. The molecule has 7 nitrogen and oxygen atoms in total. The van der Waals surface area contributed by atoms with Crippen LogP contribution in [0.2, 0.25) is 0 Å². The number of anilines is 2. The molecule has 208 valence electrons. The van der Waals surface area contributed by atoms with Crippen molar-refractivity contribution >= 4 is 62.9 Å². The molecule has 0 bridgehead atoms. The molecule has 0 aliphatic heterocycles. The summed E-state index contributed by atoms with van der Waals surface area (Å²) in [5.41, 5.74) is 2.49. The summed E-state index contributed by atoms with van der Waals surface area (Å²) in [6.45, 7) is 1.82. The molecule has 0 aliphatic rings. The normalized spacial score (nSPS) is 11.7. The highest BCUT2D eigenvalue weighted by Crippen LogP contribution is 2.26. The van der Waals surface area contributed by atoms with Crippen molar-refractivity contribution in [1.82, 2.24) is 5.32 Å². The van der Waals surface area contributed by atoms with Crippen LogP contribution in [-0.2, 0) is 9.59 Å². The lowest BCUT2D eigenvalue weighted by molar-refractivity contribution is -0.115. The van der Waals surface area contributed by atoms with Gasteiger partial charge in [-0.2, -0.15) is 0 Å². The van der Waals surface area contributed by atoms with Gasteiger partial charge in [0.05, 0.1) is 12.4 Å². The second-order valence-electron chi connectivity index (χ2n) is 8.89. The lowest BCUT2D eigenvalue weighted by Crippen LogP contribution is -2.30. The average Bonchev–Trinajstić information content (AvgIpc) is 2.99. The van der Waals surface area contributed by atoms with Crippen LogP contribution in [0, 0.1) is 0 Å². The van der Waals surface area contributed by atoms with Gasteiger partial charge in [0.25, 0.3) is 11.8 Å². The standard InChI is InChI=1S/C32H28BrN3O4S/c1-21(30(37)35-26-9-6-10-27(20-26)40-2)41-28-17-15-25(16-18-28)34-32(39)29(19-22-11-13-24(33)14-12-22)36-31(38)23-7-4-3-5-8-23/h3-21H,1-2H3,(H,34,39)(H,35,37)(H,36,38)/b29-19-. The van der Waals surface area contributed by atoms with Gasteiger partial charge in [-0.25, -0.2) is 0 Å². The summed E-state index contributed by atoms with van der Waals surface area (Å²) in [6, 6.07) is 30.4. The third kappa shape index (κ3) is 8.83. The van der Waals surface area contributed by atoms with E-state index in [9.17, 15) is 14.4 Å². The SMILES string of the molecule is COc1cccc(NC(=O)C(C)Sc2ccc(NC(=O)/C(=C/c3ccc(Br)cc3)NC(=O)c3ccccc3)cc2)c1. The van der Waals surface area contributed by atoms with Crippen molar-refractivity contribution in [3.8, 4) is 5.75 Å². The Balaban J connectivity index is 1.42. The molecule has 0 radical (unpaired) electrons. The molecule has 3 amide bonds. The number of nitrogens with one attached hydrogen (secondary N) is 3. The van der Waals surface area contributed by atoms with Crippen LogP contribution in [0.25, 0.3) is 6.08 Å². The predicted octanol–water partition coefficient (Wildman–Crippen LogP) is 6.99. The molecule has 4 aromatic carbocycles. The smallest absolute Gasteiger partial charge is 0.272 e. The molecule has 4 rings (SSSR count). The monoisotopic (exact) mass is 629 g/mol. The zero-order valence-electron chi connectivity index (χ0n) is 22.4. The number of ether oxygens (including phenoxy) is 1. The highest BCUT2D eigenvalue weighted by molar-refractivity contribution is 9.10. The number of hydrogen-bond acceptors (Lipinski definition) is 5. The molecule has 0 saturated heterocycles. The molecular formula is C32H28BrN3O4S. The van der Waals surface area contributed by atoms with Gasteiger partial charge in [-0.1, -0.05) is 52.3 Å². The second-order valence-corrected chi connectivity index (χ2v) is 11.2. The van der Waals surface area contributed by atoms with Crippen LogP contribution >= 0.6 is 27.7 Å². The van der Waals surface area contributed by atoms with Crippen LogP contribution in [0.3, 0.4) is 0 Å². The van der Waals surface area contributed by atoms with Gasteiger partial charge in [-0.05, 0) is 79.2 Å². The summed E-state index contributed by atoms with van der Waals surface area (Å²) in [5.74, 6) is -0.339. The van der Waals surface area contributed by atoms with Crippen molar-refractivity contribution in [1.29, 1.82) is 0 Å². The van der Waals surface area contributed by atoms with Crippen LogP contribution in [0.5, 0.6) is 5.75 Å². The van der Waals surface area contributed by atoms with Crippen molar-refractivity contribution in [3.63, 3.8) is 0 Å². The molecule has 1 unspecified atom stereocenters. The molecule has 0 spiro atoms. The first-order valence-corrected chi connectivity index (χ1v) is 14.3. The van der Waals surface area contributed by atoms with Gasteiger partial charge >= 0.3 is 0 Å². The number of carbonyl (C=O) groups is 3. The maximum Gasteiger partial charge on any atom is 0.272 e. The molecule has 0 aromatic heterocycles. The Labute approximate surface area is 251 Å². The van der Waals surface area contributed by atoms with E-state index in [0.29, 0.717) is 22.7 Å². The number of thioether (sulfide) groups is 1. The molecule has 0 aliphatic carbocycles. The van der Waals surface area contributed by atoms with E-state index in [1.807, 2.05) is 61.5 Å². The van der Waals surface area contributed by atoms with Crippen molar-refractivity contribution in [2.45, 2.75) is 17.1 Å². The minimum Gasteiger partial charge on any atom is -0.497 e. The largest absolute Gasteiger partial charge is 0.497 e. The van der Waals surface area contributed by atoms with E-state index in [-0.39, 0.29) is 16.9 Å².